The molecular weight excluding hydrogens is 412 g/mol. The molecule has 0 saturated carbocycles. The van der Waals surface area contributed by atoms with E-state index in [1.54, 1.807) is 48.5 Å². The van der Waals surface area contributed by atoms with Gasteiger partial charge in [-0.2, -0.15) is 0 Å². The van der Waals surface area contributed by atoms with Gasteiger partial charge < -0.3 is 24.4 Å². The van der Waals surface area contributed by atoms with Gasteiger partial charge >= 0.3 is 5.97 Å². The number of ether oxygens (including phenoxy) is 3. The molecule has 0 radical (unpaired) electrons. The first-order chi connectivity index (χ1) is 15.4. The van der Waals surface area contributed by atoms with Crippen molar-refractivity contribution in [2.75, 3.05) is 7.11 Å². The number of hydrogen-bond donors (Lipinski definition) is 2. The molecule has 2 aliphatic heterocycles. The fourth-order valence-electron chi connectivity index (χ4n) is 4.08. The van der Waals surface area contributed by atoms with E-state index >= 15 is 0 Å². The Labute approximate surface area is 183 Å². The minimum absolute atomic E-state index is 0.0514. The maximum Gasteiger partial charge on any atom is 0.312 e. The zero-order valence-electron chi connectivity index (χ0n) is 17.0. The number of ketones is 1. The molecule has 1 unspecified atom stereocenters. The smallest absolute Gasteiger partial charge is 0.312 e. The van der Waals surface area contributed by atoms with Gasteiger partial charge in [0.1, 0.15) is 17.2 Å². The molecule has 32 heavy (non-hydrogen) atoms. The summed E-state index contributed by atoms with van der Waals surface area (Å²) in [6.45, 7) is 0. The van der Waals surface area contributed by atoms with Crippen LogP contribution in [0.25, 0.3) is 6.08 Å². The van der Waals surface area contributed by atoms with Gasteiger partial charge in [-0.25, -0.2) is 0 Å². The quantitative estimate of drug-likeness (QED) is 0.365. The van der Waals surface area contributed by atoms with Crippen LogP contribution >= 0.6 is 0 Å². The first kappa shape index (κ1) is 19.7. The SMILES string of the molecule is COc1ccc(/C=C2\Oc3c(ccc4c3C(c3cccc(O)c3)CC(=O)O4)C2=O)cc1O. The van der Waals surface area contributed by atoms with Gasteiger partial charge in [0.25, 0.3) is 0 Å². The second kappa shape index (κ2) is 7.46. The number of phenolic OH excluding ortho intramolecular Hbond substituents is 2. The van der Waals surface area contributed by atoms with E-state index in [2.05, 4.69) is 0 Å². The number of aromatic hydroxyl groups is 2. The first-order valence-corrected chi connectivity index (χ1v) is 9.92. The molecule has 160 valence electrons. The van der Waals surface area contributed by atoms with Crippen LogP contribution in [0.1, 0.15) is 39.4 Å². The third kappa shape index (κ3) is 3.24. The lowest BCUT2D eigenvalue weighted by Crippen LogP contribution is -2.21. The largest absolute Gasteiger partial charge is 0.508 e. The highest BCUT2D eigenvalue weighted by molar-refractivity contribution is 6.15. The molecule has 0 bridgehead atoms. The van der Waals surface area contributed by atoms with E-state index < -0.39 is 11.9 Å². The predicted octanol–water partition coefficient (Wildman–Crippen LogP) is 4.16. The van der Waals surface area contributed by atoms with Crippen molar-refractivity contribution in [3.8, 4) is 28.7 Å². The molecule has 7 heteroatoms. The molecule has 2 N–H and O–H groups in total. The van der Waals surface area contributed by atoms with Crippen LogP contribution in [0, 0.1) is 0 Å². The fraction of sp³-hybridized carbons (Fsp3) is 0.120. The normalized spacial score (nSPS) is 18.0. The number of Topliss-reactive ketones (excluding diaryl/α,β-unsaturated/α-hetero) is 1. The zero-order valence-corrected chi connectivity index (χ0v) is 17.0. The Bertz CT molecular complexity index is 1310. The third-order valence-corrected chi connectivity index (χ3v) is 5.55. The van der Waals surface area contributed by atoms with Gasteiger partial charge in [-0.3, -0.25) is 9.59 Å². The van der Waals surface area contributed by atoms with Crippen molar-refractivity contribution >= 4 is 17.8 Å². The molecule has 0 amide bonds. The second-order valence-electron chi connectivity index (χ2n) is 7.55. The lowest BCUT2D eigenvalue weighted by molar-refractivity contribution is -0.135. The van der Waals surface area contributed by atoms with Crippen molar-refractivity contribution in [2.24, 2.45) is 0 Å². The van der Waals surface area contributed by atoms with E-state index in [0.717, 1.165) is 0 Å². The van der Waals surface area contributed by atoms with Crippen LogP contribution in [-0.4, -0.2) is 29.1 Å². The summed E-state index contributed by atoms with van der Waals surface area (Å²) < 4.78 is 16.4. The predicted molar refractivity (Wildman–Crippen MR) is 114 cm³/mol. The Hall–Kier alpha value is -4.26. The van der Waals surface area contributed by atoms with Gasteiger partial charge in [0.15, 0.2) is 17.3 Å². The van der Waals surface area contributed by atoms with E-state index in [1.165, 1.54) is 19.3 Å². The summed E-state index contributed by atoms with van der Waals surface area (Å²) in [4.78, 5) is 25.2. The van der Waals surface area contributed by atoms with Crippen LogP contribution < -0.4 is 14.2 Å². The summed E-state index contributed by atoms with van der Waals surface area (Å²) in [5.74, 6) is -0.0782. The molecular formula is C25H18O7. The van der Waals surface area contributed by atoms with Crippen LogP contribution in [0.15, 0.2) is 60.4 Å². The van der Waals surface area contributed by atoms with Crippen molar-refractivity contribution < 1.29 is 34.0 Å². The third-order valence-electron chi connectivity index (χ3n) is 5.55. The number of esters is 1. The van der Waals surface area contributed by atoms with Crippen LogP contribution in [0.2, 0.25) is 0 Å². The van der Waals surface area contributed by atoms with Crippen LogP contribution in [-0.2, 0) is 4.79 Å². The lowest BCUT2D eigenvalue weighted by atomic mass is 9.84. The summed E-state index contributed by atoms with van der Waals surface area (Å²) >= 11 is 0. The minimum Gasteiger partial charge on any atom is -0.508 e. The van der Waals surface area contributed by atoms with Crippen LogP contribution in [0.4, 0.5) is 0 Å². The van der Waals surface area contributed by atoms with E-state index in [1.807, 2.05) is 0 Å². The Morgan fingerprint density at radius 3 is 2.62 bits per heavy atom. The molecule has 7 nitrogen and oxygen atoms in total. The summed E-state index contributed by atoms with van der Waals surface area (Å²) in [6.07, 6.45) is 1.59. The number of carbonyl (C=O) groups is 2. The minimum atomic E-state index is -0.439. The van der Waals surface area contributed by atoms with Gasteiger partial charge in [-0.1, -0.05) is 18.2 Å². The maximum absolute atomic E-state index is 13.0. The van der Waals surface area contributed by atoms with Gasteiger partial charge in [0, 0.05) is 11.5 Å². The van der Waals surface area contributed by atoms with Gasteiger partial charge in [0.05, 0.1) is 19.1 Å². The monoisotopic (exact) mass is 430 g/mol. The Kier molecular flexibility index (Phi) is 4.59. The molecule has 0 aromatic heterocycles. The van der Waals surface area contributed by atoms with Gasteiger partial charge in [0.2, 0.25) is 5.78 Å². The number of benzene rings is 3. The average molecular weight is 430 g/mol. The Morgan fingerprint density at radius 1 is 1.03 bits per heavy atom. The Balaban J connectivity index is 1.59. The number of phenols is 2. The van der Waals surface area contributed by atoms with Gasteiger partial charge in [-0.15, -0.1) is 0 Å². The molecule has 2 heterocycles. The second-order valence-corrected chi connectivity index (χ2v) is 7.55. The number of allylic oxidation sites excluding steroid dienone is 1. The van der Waals surface area contributed by atoms with E-state index in [0.29, 0.717) is 39.5 Å². The van der Waals surface area contributed by atoms with Crippen molar-refractivity contribution in [1.82, 2.24) is 0 Å². The van der Waals surface area contributed by atoms with Crippen LogP contribution in [0.3, 0.4) is 0 Å². The molecule has 5 rings (SSSR count). The van der Waals surface area contributed by atoms with Crippen molar-refractivity contribution in [1.29, 1.82) is 0 Å². The summed E-state index contributed by atoms with van der Waals surface area (Å²) in [6, 6.07) is 14.5. The zero-order chi connectivity index (χ0) is 22.4. The molecule has 0 saturated heterocycles. The molecule has 3 aromatic rings. The standard InChI is InChI=1S/C25H18O7/c1-30-19-7-5-13(9-18(19)27)10-21-24(29)16-6-8-20-23(25(16)32-21)17(12-22(28)31-20)14-3-2-4-15(26)11-14/h2-11,17,26-27H,12H2,1H3/b21-10-. The summed E-state index contributed by atoms with van der Waals surface area (Å²) in [7, 11) is 1.45. The molecule has 0 aliphatic carbocycles. The highest BCUT2D eigenvalue weighted by atomic mass is 16.5. The highest BCUT2D eigenvalue weighted by Crippen LogP contribution is 2.49. The summed E-state index contributed by atoms with van der Waals surface area (Å²) in [5.41, 5.74) is 2.21. The first-order valence-electron chi connectivity index (χ1n) is 9.92. The Morgan fingerprint density at radius 2 is 1.88 bits per heavy atom. The van der Waals surface area contributed by atoms with Crippen LogP contribution in [0.5, 0.6) is 28.7 Å². The molecule has 3 aromatic carbocycles. The number of rotatable bonds is 3. The van der Waals surface area contributed by atoms with E-state index in [9.17, 15) is 19.8 Å². The lowest BCUT2D eigenvalue weighted by Gasteiger charge is -2.26. The van der Waals surface area contributed by atoms with Crippen molar-refractivity contribution in [3.05, 3.63) is 82.6 Å². The fourth-order valence-corrected chi connectivity index (χ4v) is 4.08. The van der Waals surface area contributed by atoms with Gasteiger partial charge in [-0.05, 0) is 53.6 Å². The molecule has 2 aliphatic rings. The summed E-state index contributed by atoms with van der Waals surface area (Å²) in [5, 5.41) is 19.9. The molecule has 1 atom stereocenters. The molecule has 0 fully saturated rings. The number of carbonyl (C=O) groups excluding carboxylic acids is 2. The van der Waals surface area contributed by atoms with Crippen molar-refractivity contribution in [3.63, 3.8) is 0 Å². The number of fused-ring (bicyclic) bond motifs is 3. The topological polar surface area (TPSA) is 102 Å². The van der Waals surface area contributed by atoms with E-state index in [4.69, 9.17) is 14.2 Å². The molecule has 0 spiro atoms. The number of methoxy groups -OCH3 is 1. The highest BCUT2D eigenvalue weighted by Gasteiger charge is 2.38. The van der Waals surface area contributed by atoms with Crippen molar-refractivity contribution in [2.45, 2.75) is 12.3 Å². The maximum atomic E-state index is 13.0. The number of hydrogen-bond acceptors (Lipinski definition) is 7. The average Bonchev–Trinajstić information content (AvgIpc) is 3.08. The van der Waals surface area contributed by atoms with E-state index in [-0.39, 0.29) is 29.5 Å².